The van der Waals surface area contributed by atoms with E-state index in [0.717, 1.165) is 5.16 Å². The van der Waals surface area contributed by atoms with E-state index in [9.17, 15) is 0 Å². The highest BCUT2D eigenvalue weighted by Crippen LogP contribution is 2.38. The van der Waals surface area contributed by atoms with Gasteiger partial charge in [0, 0.05) is 16.1 Å². The third kappa shape index (κ3) is 5.48. The Kier molecular flexibility index (Phi) is 6.04. The molecule has 0 aliphatic rings. The summed E-state index contributed by atoms with van der Waals surface area (Å²) in [5.74, 6) is 1.34. The molecule has 0 atom stereocenters. The molecular weight excluding hydrogens is 329 g/mol. The van der Waals surface area contributed by atoms with Crippen molar-refractivity contribution in [2.75, 3.05) is 5.75 Å². The number of thiophene rings is 1. The van der Waals surface area contributed by atoms with Crippen LogP contribution in [0.15, 0.2) is 16.3 Å². The van der Waals surface area contributed by atoms with Crippen LogP contribution < -0.4 is 4.50 Å². The number of thioether (sulfide) groups is 1. The normalized spacial score (nSPS) is 14.1. The van der Waals surface area contributed by atoms with E-state index in [1.54, 1.807) is 8.71 Å². The van der Waals surface area contributed by atoms with Crippen molar-refractivity contribution in [1.82, 2.24) is 0 Å². The average Bonchev–Trinajstić information content (AvgIpc) is 2.61. The zero-order valence-electron chi connectivity index (χ0n) is 14.8. The van der Waals surface area contributed by atoms with Gasteiger partial charge in [0.1, 0.15) is 0 Å². The highest BCUT2D eigenvalue weighted by molar-refractivity contribution is 8.01. The SMILES string of the molecule is C[Si](C)(C)c1ccc(SCC([Si](C)(C)C)[Si](C)(C)C)s1. The standard InChI is InChI=1S/C15H32S2Si3/c1-18(2,3)14-11-10-13(17-14)16-12-15(19(4,5)6)20(7,8)9/h10-11,15H,12H2,1-9H3. The van der Waals surface area contributed by atoms with Gasteiger partial charge in [-0.3, -0.25) is 0 Å². The molecule has 0 aromatic carbocycles. The molecule has 0 nitrogen and oxygen atoms in total. The van der Waals surface area contributed by atoms with Crippen LogP contribution in [0.5, 0.6) is 0 Å². The lowest BCUT2D eigenvalue weighted by molar-refractivity contribution is 1.19. The maximum Gasteiger partial charge on any atom is 0.0904 e. The molecular formula is C15H32S2Si3. The molecule has 0 aliphatic carbocycles. The number of hydrogen-bond donors (Lipinski definition) is 0. The first-order valence-electron chi connectivity index (χ1n) is 7.55. The third-order valence-electron chi connectivity index (χ3n) is 3.80. The van der Waals surface area contributed by atoms with E-state index < -0.39 is 24.2 Å². The summed E-state index contributed by atoms with van der Waals surface area (Å²) in [7, 11) is -3.22. The van der Waals surface area contributed by atoms with Crippen LogP contribution in [-0.2, 0) is 0 Å². The summed E-state index contributed by atoms with van der Waals surface area (Å²) in [5, 5.41) is 0.998. The van der Waals surface area contributed by atoms with Crippen molar-refractivity contribution in [3.05, 3.63) is 12.1 Å². The second kappa shape index (κ2) is 6.44. The summed E-state index contributed by atoms with van der Waals surface area (Å²) in [6, 6.07) is 4.76. The Morgan fingerprint density at radius 3 is 1.75 bits per heavy atom. The molecule has 0 saturated carbocycles. The van der Waals surface area contributed by atoms with Gasteiger partial charge in [-0.1, -0.05) is 65.0 Å². The van der Waals surface area contributed by atoms with E-state index in [-0.39, 0.29) is 0 Å². The Balaban J connectivity index is 2.77. The smallest absolute Gasteiger partial charge is 0.0904 e. The lowest BCUT2D eigenvalue weighted by Gasteiger charge is -2.38. The molecule has 1 heterocycles. The molecule has 0 saturated heterocycles. The van der Waals surface area contributed by atoms with E-state index in [0.29, 0.717) is 0 Å². The van der Waals surface area contributed by atoms with Crippen LogP contribution in [-0.4, -0.2) is 30.0 Å². The molecule has 116 valence electrons. The predicted molar refractivity (Wildman–Crippen MR) is 108 cm³/mol. The van der Waals surface area contributed by atoms with Crippen LogP contribution in [0, 0.1) is 0 Å². The zero-order valence-corrected chi connectivity index (χ0v) is 19.4. The van der Waals surface area contributed by atoms with Crippen molar-refractivity contribution >= 4 is 51.8 Å². The number of hydrogen-bond acceptors (Lipinski definition) is 2. The van der Waals surface area contributed by atoms with Crippen LogP contribution in [0.2, 0.25) is 64.1 Å². The highest BCUT2D eigenvalue weighted by Gasteiger charge is 2.37. The summed E-state index contributed by atoms with van der Waals surface area (Å²) >= 11 is 4.19. The molecule has 20 heavy (non-hydrogen) atoms. The summed E-state index contributed by atoms with van der Waals surface area (Å²) in [6.07, 6.45) is 0. The molecule has 0 aliphatic heterocycles. The van der Waals surface area contributed by atoms with Crippen LogP contribution >= 0.6 is 23.1 Å². The first-order valence-corrected chi connectivity index (χ1v) is 20.0. The monoisotopic (exact) mass is 360 g/mol. The maximum absolute atomic E-state index is 2.55. The van der Waals surface area contributed by atoms with Gasteiger partial charge in [0.25, 0.3) is 0 Å². The quantitative estimate of drug-likeness (QED) is 0.445. The molecule has 1 rings (SSSR count). The van der Waals surface area contributed by atoms with E-state index in [1.807, 2.05) is 0 Å². The topological polar surface area (TPSA) is 0 Å². The van der Waals surface area contributed by atoms with Crippen LogP contribution in [0.1, 0.15) is 0 Å². The number of rotatable bonds is 6. The Hall–Kier alpha value is 0.701. The lowest BCUT2D eigenvalue weighted by atomic mass is 10.7. The van der Waals surface area contributed by atoms with Crippen molar-refractivity contribution in [3.63, 3.8) is 0 Å². The van der Waals surface area contributed by atoms with Gasteiger partial charge in [-0.05, 0) is 21.5 Å². The molecule has 0 radical (unpaired) electrons. The van der Waals surface area contributed by atoms with Gasteiger partial charge in [0.15, 0.2) is 0 Å². The minimum Gasteiger partial charge on any atom is -0.139 e. The Morgan fingerprint density at radius 2 is 1.40 bits per heavy atom. The molecule has 0 unspecified atom stereocenters. The Labute approximate surface area is 137 Å². The largest absolute Gasteiger partial charge is 0.139 e. The van der Waals surface area contributed by atoms with Crippen LogP contribution in [0.3, 0.4) is 0 Å². The Bertz CT molecular complexity index is 419. The minimum absolute atomic E-state index is 0.998. The van der Waals surface area contributed by atoms with Crippen LogP contribution in [0.25, 0.3) is 0 Å². The van der Waals surface area contributed by atoms with Gasteiger partial charge in [0.2, 0.25) is 0 Å². The fourth-order valence-corrected chi connectivity index (χ4v) is 21.7. The fourth-order valence-electron chi connectivity index (χ4n) is 2.77. The van der Waals surface area contributed by atoms with Gasteiger partial charge in [0.05, 0.1) is 12.3 Å². The van der Waals surface area contributed by atoms with Crippen molar-refractivity contribution in [1.29, 1.82) is 0 Å². The molecule has 0 fully saturated rings. The van der Waals surface area contributed by atoms with E-state index in [1.165, 1.54) is 5.75 Å². The van der Waals surface area contributed by atoms with Crippen molar-refractivity contribution in [3.8, 4) is 0 Å². The first kappa shape index (κ1) is 18.7. The molecule has 1 aromatic heterocycles. The molecule has 1 aromatic rings. The van der Waals surface area contributed by atoms with Gasteiger partial charge in [-0.2, -0.15) is 0 Å². The van der Waals surface area contributed by atoms with Gasteiger partial charge < -0.3 is 0 Å². The van der Waals surface area contributed by atoms with Gasteiger partial charge in [-0.25, -0.2) is 0 Å². The second-order valence-corrected chi connectivity index (χ2v) is 28.2. The molecule has 0 bridgehead atoms. The van der Waals surface area contributed by atoms with Crippen molar-refractivity contribution in [2.45, 2.75) is 68.3 Å². The fraction of sp³-hybridized carbons (Fsp3) is 0.733. The van der Waals surface area contributed by atoms with Crippen molar-refractivity contribution in [2.24, 2.45) is 0 Å². The van der Waals surface area contributed by atoms with Gasteiger partial charge in [-0.15, -0.1) is 23.1 Å². The van der Waals surface area contributed by atoms with E-state index in [2.05, 4.69) is 94.2 Å². The van der Waals surface area contributed by atoms with E-state index in [4.69, 9.17) is 0 Å². The lowest BCUT2D eigenvalue weighted by Crippen LogP contribution is -2.45. The molecule has 0 N–H and O–H groups in total. The van der Waals surface area contributed by atoms with E-state index >= 15 is 0 Å². The third-order valence-corrected chi connectivity index (χ3v) is 20.2. The highest BCUT2D eigenvalue weighted by atomic mass is 32.2. The van der Waals surface area contributed by atoms with Crippen molar-refractivity contribution < 1.29 is 0 Å². The minimum atomic E-state index is -1.12. The summed E-state index contributed by atoms with van der Waals surface area (Å²) < 4.78 is 3.20. The Morgan fingerprint density at radius 1 is 0.900 bits per heavy atom. The molecule has 0 spiro atoms. The summed E-state index contributed by atoms with van der Waals surface area (Å²) in [4.78, 5) is 0. The average molecular weight is 361 g/mol. The second-order valence-electron chi connectivity index (χ2n) is 8.96. The molecule has 5 heteroatoms. The predicted octanol–water partition coefficient (Wildman–Crippen LogP) is 5.97. The first-order chi connectivity index (χ1) is 8.82. The summed E-state index contributed by atoms with van der Waals surface area (Å²) in [6.45, 7) is 22.7. The van der Waals surface area contributed by atoms with Gasteiger partial charge >= 0.3 is 0 Å². The van der Waals surface area contributed by atoms with Crippen LogP contribution in [0.4, 0.5) is 0 Å². The zero-order chi connectivity index (χ0) is 15.8. The maximum atomic E-state index is 2.55. The summed E-state index contributed by atoms with van der Waals surface area (Å²) in [5.41, 5.74) is 0. The molecule has 0 amide bonds.